The topological polar surface area (TPSA) is 48.0 Å². The van der Waals surface area contributed by atoms with Crippen molar-refractivity contribution in [1.82, 2.24) is 4.90 Å². The Labute approximate surface area is 155 Å². The van der Waals surface area contributed by atoms with Crippen molar-refractivity contribution in [3.63, 3.8) is 0 Å². The first-order valence-electron chi connectivity index (χ1n) is 8.98. The summed E-state index contributed by atoms with van der Waals surface area (Å²) >= 11 is 0. The van der Waals surface area contributed by atoms with Crippen molar-refractivity contribution in [3.05, 3.63) is 23.8 Å². The number of benzene rings is 1. The van der Waals surface area contributed by atoms with E-state index in [2.05, 4.69) is 4.90 Å². The molecule has 1 aromatic carbocycles. The first-order valence-corrected chi connectivity index (χ1v) is 8.98. The third kappa shape index (κ3) is 3.94. The second-order valence-electron chi connectivity index (χ2n) is 7.07. The van der Waals surface area contributed by atoms with Gasteiger partial charge in [-0.05, 0) is 43.7 Å². The maximum absolute atomic E-state index is 11.5. The molecule has 2 fully saturated rings. The molecule has 3 heterocycles. The maximum Gasteiger partial charge on any atom is 0.311 e. The number of carbonyl (C=O) groups is 1. The highest BCUT2D eigenvalue weighted by Gasteiger charge is 2.41. The summed E-state index contributed by atoms with van der Waals surface area (Å²) in [6.45, 7) is 1.82. The molecule has 0 radical (unpaired) electrons. The molecule has 3 aliphatic heterocycles. The smallest absolute Gasteiger partial charge is 0.311 e. The number of aryl methyl sites for hydroxylation is 1. The van der Waals surface area contributed by atoms with E-state index in [9.17, 15) is 4.79 Å². The number of fused-ring (bicyclic) bond motifs is 3. The first-order chi connectivity index (χ1) is 11.7. The summed E-state index contributed by atoms with van der Waals surface area (Å²) in [7, 11) is 1.76. The molecule has 4 rings (SSSR count). The summed E-state index contributed by atoms with van der Waals surface area (Å²) in [4.78, 5) is 14.1. The Bertz CT molecular complexity index is 609. The fourth-order valence-electron chi connectivity index (χ4n) is 4.39. The van der Waals surface area contributed by atoms with Crippen molar-refractivity contribution in [1.29, 1.82) is 0 Å². The molecule has 0 aliphatic carbocycles. The van der Waals surface area contributed by atoms with E-state index in [4.69, 9.17) is 14.2 Å². The molecule has 0 spiro atoms. The second kappa shape index (κ2) is 7.94. The molecule has 5 nitrogen and oxygen atoms in total. The molecule has 6 heteroatoms. The molecule has 0 aromatic heterocycles. The molecule has 2 saturated heterocycles. The summed E-state index contributed by atoms with van der Waals surface area (Å²) in [6, 6.07) is 7.14. The summed E-state index contributed by atoms with van der Waals surface area (Å²) in [5, 5.41) is 0. The normalized spacial score (nSPS) is 28.0. The van der Waals surface area contributed by atoms with Gasteiger partial charge in [0.1, 0.15) is 17.6 Å². The second-order valence-corrected chi connectivity index (χ2v) is 7.07. The molecule has 0 amide bonds. The average molecular weight is 368 g/mol. The Balaban J connectivity index is 0.00000182. The highest BCUT2D eigenvalue weighted by Crippen LogP contribution is 2.38. The van der Waals surface area contributed by atoms with Crippen molar-refractivity contribution in [3.8, 4) is 11.5 Å². The molecular formula is C19H26ClNO4. The molecule has 3 aliphatic rings. The van der Waals surface area contributed by atoms with Gasteiger partial charge in [-0.3, -0.25) is 9.69 Å². The number of carbonyl (C=O) groups excluding carboxylic acids is 1. The predicted octanol–water partition coefficient (Wildman–Crippen LogP) is 2.98. The molecule has 0 saturated carbocycles. The van der Waals surface area contributed by atoms with Gasteiger partial charge in [0.05, 0.1) is 13.0 Å². The van der Waals surface area contributed by atoms with Crippen LogP contribution in [0.2, 0.25) is 0 Å². The van der Waals surface area contributed by atoms with Crippen LogP contribution < -0.4 is 9.47 Å². The minimum Gasteiger partial charge on any atom is -0.490 e. The summed E-state index contributed by atoms with van der Waals surface area (Å²) in [5.74, 6) is 1.34. The van der Waals surface area contributed by atoms with Crippen molar-refractivity contribution < 1.29 is 19.0 Å². The fraction of sp³-hybridized carbons (Fsp3) is 0.632. The molecule has 2 atom stereocenters. The molecule has 2 unspecified atom stereocenters. The zero-order chi connectivity index (χ0) is 16.5. The number of nitrogens with zero attached hydrogens (tertiary/aromatic N) is 1. The van der Waals surface area contributed by atoms with Gasteiger partial charge in [0.15, 0.2) is 0 Å². The Morgan fingerprint density at radius 1 is 1.20 bits per heavy atom. The van der Waals surface area contributed by atoms with E-state index in [1.165, 1.54) is 12.8 Å². The van der Waals surface area contributed by atoms with Crippen molar-refractivity contribution in [2.45, 2.75) is 56.7 Å². The zero-order valence-electron chi connectivity index (χ0n) is 14.6. The maximum atomic E-state index is 11.5. The largest absolute Gasteiger partial charge is 0.490 e. The van der Waals surface area contributed by atoms with Gasteiger partial charge in [0.2, 0.25) is 0 Å². The number of esters is 1. The minimum absolute atomic E-state index is 0. The summed E-state index contributed by atoms with van der Waals surface area (Å²) < 4.78 is 16.8. The Kier molecular flexibility index (Phi) is 5.87. The monoisotopic (exact) mass is 367 g/mol. The van der Waals surface area contributed by atoms with Crippen molar-refractivity contribution >= 4 is 18.4 Å². The van der Waals surface area contributed by atoms with Crippen LogP contribution in [-0.4, -0.2) is 49.3 Å². The SMILES string of the molecule is COCCN1C2CCC1CC(Oc1ccc3c(c1)OC(=O)CC3)C2.Cl. The van der Waals surface area contributed by atoms with Gasteiger partial charge in [0, 0.05) is 31.8 Å². The number of piperidine rings is 1. The molecule has 138 valence electrons. The average Bonchev–Trinajstić information content (AvgIpc) is 2.81. The number of methoxy groups -OCH3 is 1. The zero-order valence-corrected chi connectivity index (χ0v) is 15.4. The van der Waals surface area contributed by atoms with Crippen LogP contribution in [0.15, 0.2) is 18.2 Å². The van der Waals surface area contributed by atoms with Crippen LogP contribution in [0.1, 0.15) is 37.7 Å². The van der Waals surface area contributed by atoms with E-state index in [1.54, 1.807) is 7.11 Å². The van der Waals surface area contributed by atoms with Crippen LogP contribution in [0.4, 0.5) is 0 Å². The van der Waals surface area contributed by atoms with Crippen LogP contribution >= 0.6 is 12.4 Å². The fourth-order valence-corrected chi connectivity index (χ4v) is 4.39. The van der Waals surface area contributed by atoms with Gasteiger partial charge in [-0.25, -0.2) is 0 Å². The number of hydrogen-bond donors (Lipinski definition) is 0. The summed E-state index contributed by atoms with van der Waals surface area (Å²) in [6.07, 6.45) is 6.13. The Morgan fingerprint density at radius 2 is 1.96 bits per heavy atom. The lowest BCUT2D eigenvalue weighted by molar-refractivity contribution is -0.135. The number of hydrogen-bond acceptors (Lipinski definition) is 5. The molecular weight excluding hydrogens is 342 g/mol. The van der Waals surface area contributed by atoms with Gasteiger partial charge in [-0.1, -0.05) is 6.07 Å². The lowest BCUT2D eigenvalue weighted by Gasteiger charge is -2.38. The molecule has 2 bridgehead atoms. The number of ether oxygens (including phenoxy) is 3. The van der Waals surface area contributed by atoms with Crippen LogP contribution in [0.3, 0.4) is 0 Å². The number of rotatable bonds is 5. The van der Waals surface area contributed by atoms with Gasteiger partial charge in [0.25, 0.3) is 0 Å². The first kappa shape index (κ1) is 18.5. The lowest BCUT2D eigenvalue weighted by Crippen LogP contribution is -2.47. The minimum atomic E-state index is -0.149. The van der Waals surface area contributed by atoms with Gasteiger partial charge < -0.3 is 14.2 Å². The van der Waals surface area contributed by atoms with Crippen LogP contribution in [-0.2, 0) is 16.0 Å². The molecule has 1 aromatic rings. The highest BCUT2D eigenvalue weighted by molar-refractivity contribution is 5.85. The van der Waals surface area contributed by atoms with E-state index in [1.807, 2.05) is 18.2 Å². The van der Waals surface area contributed by atoms with E-state index in [-0.39, 0.29) is 24.5 Å². The summed E-state index contributed by atoms with van der Waals surface area (Å²) in [5.41, 5.74) is 1.09. The van der Waals surface area contributed by atoms with Gasteiger partial charge in [-0.15, -0.1) is 12.4 Å². The van der Waals surface area contributed by atoms with Crippen molar-refractivity contribution in [2.75, 3.05) is 20.3 Å². The van der Waals surface area contributed by atoms with Crippen molar-refractivity contribution in [2.24, 2.45) is 0 Å². The third-order valence-corrected chi connectivity index (χ3v) is 5.56. The van der Waals surface area contributed by atoms with Crippen LogP contribution in [0, 0.1) is 0 Å². The van der Waals surface area contributed by atoms with Crippen LogP contribution in [0.25, 0.3) is 0 Å². The Morgan fingerprint density at radius 3 is 2.68 bits per heavy atom. The standard InChI is InChI=1S/C19H25NO4.ClH/c1-22-9-8-20-14-4-5-15(20)11-17(10-14)23-16-6-2-13-3-7-19(21)24-18(13)12-16;/h2,6,12,14-15,17H,3-5,7-11H2,1H3;1H. The quantitative estimate of drug-likeness (QED) is 0.591. The van der Waals surface area contributed by atoms with E-state index < -0.39 is 0 Å². The van der Waals surface area contributed by atoms with Gasteiger partial charge in [-0.2, -0.15) is 0 Å². The molecule has 25 heavy (non-hydrogen) atoms. The van der Waals surface area contributed by atoms with E-state index >= 15 is 0 Å². The number of halogens is 1. The van der Waals surface area contributed by atoms with Crippen LogP contribution in [0.5, 0.6) is 11.5 Å². The predicted molar refractivity (Wildman–Crippen MR) is 96.7 cm³/mol. The van der Waals surface area contributed by atoms with Gasteiger partial charge >= 0.3 is 5.97 Å². The highest BCUT2D eigenvalue weighted by atomic mass is 35.5. The molecule has 0 N–H and O–H groups in total. The Hall–Kier alpha value is -1.30. The lowest BCUT2D eigenvalue weighted by atomic mass is 9.99. The third-order valence-electron chi connectivity index (χ3n) is 5.56. The van der Waals surface area contributed by atoms with E-state index in [0.29, 0.717) is 24.3 Å². The van der Waals surface area contributed by atoms with E-state index in [0.717, 1.165) is 43.7 Å².